The van der Waals surface area contributed by atoms with Gasteiger partial charge in [-0.25, -0.2) is 50.5 Å². The number of halogens is 18. The van der Waals surface area contributed by atoms with Crippen LogP contribution in [0.2, 0.25) is 0 Å². The van der Waals surface area contributed by atoms with Crippen molar-refractivity contribution in [3.63, 3.8) is 0 Å². The second-order valence-electron chi connectivity index (χ2n) is 5.40. The molecule has 0 atom stereocenters. The van der Waals surface area contributed by atoms with Gasteiger partial charge in [-0.05, 0) is 0 Å². The minimum Gasteiger partial charge on any atom is -0.741 e. The van der Waals surface area contributed by atoms with Gasteiger partial charge in [-0.3, -0.25) is 0 Å². The molecule has 0 rings (SSSR count). The third-order valence-electron chi connectivity index (χ3n) is 1.70. The Kier molecular flexibility index (Phi) is 25.3. The van der Waals surface area contributed by atoms with Crippen LogP contribution in [-0.4, -0.2) is 111 Å². The predicted octanol–water partition coefficient (Wildman–Crippen LogP) is 0.306. The summed E-state index contributed by atoms with van der Waals surface area (Å²) in [6.45, 7) is 0. The van der Waals surface area contributed by atoms with Gasteiger partial charge in [0.05, 0.1) is 0 Å². The molecule has 300 valence electrons. The van der Waals surface area contributed by atoms with Gasteiger partial charge in [-0.1, -0.05) is 0 Å². The Hall–Kier alpha value is -1.11. The first-order valence-electron chi connectivity index (χ1n) is 7.63. The summed E-state index contributed by atoms with van der Waals surface area (Å²) in [7, 11) is -36.5. The SMILES string of the molecule is O=S(=O)([O-])C(F)(F)F.O=S(=O)([O-])C(F)(F)F.O=S(=O)([O-])C(F)(F)F.O=S(=O)([O-])C(F)(F)F.O=S(=O)([O-])C(F)(F)F.O=S(=O)([O-])C(F)(F)F.[Mo+6]. The molecule has 0 aromatic heterocycles. The Balaban J connectivity index is -0.0000000860. The molecule has 43 heteroatoms. The van der Waals surface area contributed by atoms with Crippen molar-refractivity contribution in [2.24, 2.45) is 0 Å². The predicted molar refractivity (Wildman–Crippen MR) is 94.5 cm³/mol. The number of rotatable bonds is 0. The third-order valence-corrected chi connectivity index (χ3v) is 5.10. The third kappa shape index (κ3) is 33.8. The number of hydrogen-bond donors (Lipinski definition) is 0. The maximum absolute atomic E-state index is 10.7. The number of alkyl halides is 18. The molecular formula is C6F18MoO18S6. The van der Waals surface area contributed by atoms with E-state index in [1.54, 1.807) is 0 Å². The van der Waals surface area contributed by atoms with Gasteiger partial charge < -0.3 is 27.3 Å². The fraction of sp³-hybridized carbons (Fsp3) is 1.00. The van der Waals surface area contributed by atoms with Gasteiger partial charge in [0.25, 0.3) is 0 Å². The molecule has 49 heavy (non-hydrogen) atoms. The summed E-state index contributed by atoms with van der Waals surface area (Å²) < 4.78 is 353. The minimum absolute atomic E-state index is 0. The van der Waals surface area contributed by atoms with E-state index in [4.69, 9.17) is 77.8 Å². The largest absolute Gasteiger partial charge is 6.00 e. The fourth-order valence-electron chi connectivity index (χ4n) is 0. The van der Waals surface area contributed by atoms with E-state index >= 15 is 0 Å². The zero-order valence-corrected chi connectivity index (χ0v) is 26.9. The van der Waals surface area contributed by atoms with Gasteiger partial charge in [-0.2, -0.15) is 79.0 Å². The van der Waals surface area contributed by atoms with Crippen molar-refractivity contribution in [1.29, 1.82) is 0 Å². The topological polar surface area (TPSA) is 343 Å². The second kappa shape index (κ2) is 19.6. The first kappa shape index (κ1) is 63.0. The van der Waals surface area contributed by atoms with Crippen molar-refractivity contribution in [3.8, 4) is 0 Å². The summed E-state index contributed by atoms with van der Waals surface area (Å²) in [4.78, 5) is 0. The molecule has 0 aliphatic rings. The standard InChI is InChI=1S/6CHF3O3S.Mo/c6*2-1(3,4)8(5,6)7;/h6*(H,5,6,7);/q;;;;;;+6/p-6. The molecule has 0 saturated heterocycles. The van der Waals surface area contributed by atoms with Gasteiger partial charge in [0.1, 0.15) is 0 Å². The van der Waals surface area contributed by atoms with E-state index in [0.717, 1.165) is 0 Å². The van der Waals surface area contributed by atoms with Crippen molar-refractivity contribution in [1.82, 2.24) is 0 Å². The van der Waals surface area contributed by atoms with E-state index in [0.29, 0.717) is 0 Å². The van der Waals surface area contributed by atoms with Crippen molar-refractivity contribution >= 4 is 60.7 Å². The van der Waals surface area contributed by atoms with Crippen molar-refractivity contribution in [2.75, 3.05) is 0 Å². The van der Waals surface area contributed by atoms with E-state index in [1.807, 2.05) is 0 Å². The normalized spacial score (nSPS) is 13.7. The van der Waals surface area contributed by atoms with Gasteiger partial charge in [0, 0.05) is 0 Å². The van der Waals surface area contributed by atoms with E-state index in [-0.39, 0.29) is 21.1 Å². The summed E-state index contributed by atoms with van der Waals surface area (Å²) in [6, 6.07) is 0. The van der Waals surface area contributed by atoms with E-state index < -0.39 is 93.8 Å². The minimum atomic E-state index is -6.09. The van der Waals surface area contributed by atoms with Crippen LogP contribution in [0.25, 0.3) is 0 Å². The van der Waals surface area contributed by atoms with Crippen LogP contribution in [-0.2, 0) is 81.8 Å². The Labute approximate surface area is 271 Å². The molecule has 0 fully saturated rings. The Bertz CT molecular complexity index is 1310. The smallest absolute Gasteiger partial charge is 0.741 e. The molecule has 0 bridgehead atoms. The van der Waals surface area contributed by atoms with Crippen molar-refractivity contribution in [3.05, 3.63) is 0 Å². The average molecular weight is 990 g/mol. The van der Waals surface area contributed by atoms with Gasteiger partial charge in [0.2, 0.25) is 0 Å². The molecule has 0 aromatic rings. The quantitative estimate of drug-likeness (QED) is 0.136. The molecular weight excluding hydrogens is 990 g/mol. The van der Waals surface area contributed by atoms with E-state index in [1.165, 1.54) is 0 Å². The van der Waals surface area contributed by atoms with Crippen molar-refractivity contribution < 1.29 is 178 Å². The Morgan fingerprint density at radius 2 is 0.245 bits per heavy atom. The maximum atomic E-state index is 10.7. The van der Waals surface area contributed by atoms with Crippen LogP contribution in [0.5, 0.6) is 0 Å². The van der Waals surface area contributed by atoms with Crippen LogP contribution < -0.4 is 0 Å². The fourth-order valence-corrected chi connectivity index (χ4v) is 0. The maximum Gasteiger partial charge on any atom is 6.00 e. The molecule has 0 aromatic carbocycles. The summed E-state index contributed by atoms with van der Waals surface area (Å²) in [5, 5.41) is 0. The summed E-state index contributed by atoms with van der Waals surface area (Å²) in [5.41, 5.74) is -33.9. The number of hydrogen-bond acceptors (Lipinski definition) is 18. The van der Waals surface area contributed by atoms with Gasteiger partial charge >= 0.3 is 54.1 Å². The molecule has 0 N–H and O–H groups in total. The van der Waals surface area contributed by atoms with E-state index in [2.05, 4.69) is 0 Å². The Morgan fingerprint density at radius 3 is 0.245 bits per heavy atom. The summed E-state index contributed by atoms with van der Waals surface area (Å²) in [5.74, 6) is 0. The molecule has 0 aliphatic carbocycles. The average Bonchev–Trinajstić information content (AvgIpc) is 2.60. The summed E-state index contributed by atoms with van der Waals surface area (Å²) in [6.07, 6.45) is 0. The van der Waals surface area contributed by atoms with Gasteiger partial charge in [0.15, 0.2) is 60.7 Å². The van der Waals surface area contributed by atoms with Crippen LogP contribution in [0.15, 0.2) is 0 Å². The van der Waals surface area contributed by atoms with Crippen molar-refractivity contribution in [2.45, 2.75) is 33.0 Å². The molecule has 0 aliphatic heterocycles. The monoisotopic (exact) mass is 992 g/mol. The van der Waals surface area contributed by atoms with Crippen LogP contribution >= 0.6 is 0 Å². The molecule has 0 radical (unpaired) electrons. The van der Waals surface area contributed by atoms with Crippen LogP contribution in [0, 0.1) is 0 Å². The molecule has 0 unspecified atom stereocenters. The molecule has 0 heterocycles. The zero-order chi connectivity index (χ0) is 42.0. The Morgan fingerprint density at radius 1 is 0.224 bits per heavy atom. The molecule has 0 spiro atoms. The van der Waals surface area contributed by atoms with Gasteiger partial charge in [-0.15, -0.1) is 0 Å². The first-order valence-corrected chi connectivity index (χ1v) is 16.1. The molecule has 0 amide bonds. The second-order valence-corrected chi connectivity index (χ2v) is 13.6. The molecule has 0 saturated carbocycles. The zero-order valence-electron chi connectivity index (χ0n) is 20.0. The first-order chi connectivity index (χ1) is 19.5. The molecule has 18 nitrogen and oxygen atoms in total. The van der Waals surface area contributed by atoms with Crippen LogP contribution in [0.1, 0.15) is 0 Å². The van der Waals surface area contributed by atoms with Crippen LogP contribution in [0.3, 0.4) is 0 Å². The van der Waals surface area contributed by atoms with E-state index in [9.17, 15) is 79.0 Å². The van der Waals surface area contributed by atoms with Crippen LogP contribution in [0.4, 0.5) is 79.0 Å². The summed E-state index contributed by atoms with van der Waals surface area (Å²) >= 11 is 0.